The number of nitrogens with one attached hydrogen (secondary N) is 2. The Morgan fingerprint density at radius 2 is 1.89 bits per heavy atom. The summed E-state index contributed by atoms with van der Waals surface area (Å²) in [6.45, 7) is 3.47. The molecule has 0 atom stereocenters. The number of benzene rings is 1. The Morgan fingerprint density at radius 3 is 2.50 bits per heavy atom. The van der Waals surface area contributed by atoms with Crippen LogP contribution in [0.2, 0.25) is 0 Å². The van der Waals surface area contributed by atoms with Crippen molar-refractivity contribution in [1.82, 2.24) is 9.88 Å². The van der Waals surface area contributed by atoms with Crippen molar-refractivity contribution in [1.29, 1.82) is 0 Å². The largest absolute Gasteiger partial charge is 0.508 e. The molecule has 1 aromatic carbocycles. The molecule has 0 radical (unpaired) electrons. The molecule has 1 aliphatic heterocycles. The zero-order chi connectivity index (χ0) is 19.9. The zero-order valence-electron chi connectivity index (χ0n) is 16.1. The molecule has 6 heteroatoms. The fraction of sp³-hybridized carbons (Fsp3) is 0.364. The number of H-pyrrole nitrogens is 1. The van der Waals surface area contributed by atoms with Gasteiger partial charge in [-0.1, -0.05) is 18.2 Å². The number of carbonyl (C=O) groups excluding carboxylic acids is 1. The molecule has 1 saturated heterocycles. The van der Waals surface area contributed by atoms with E-state index in [4.69, 9.17) is 0 Å². The number of phenolic OH excluding ortho intramolecular Hbond substituents is 1. The van der Waals surface area contributed by atoms with Crippen LogP contribution in [0.5, 0.6) is 5.75 Å². The van der Waals surface area contributed by atoms with Crippen molar-refractivity contribution in [2.45, 2.75) is 38.5 Å². The van der Waals surface area contributed by atoms with Gasteiger partial charge >= 0.3 is 0 Å². The average Bonchev–Trinajstić information content (AvgIpc) is 2.73. The smallest absolute Gasteiger partial charge is 0.248 e. The number of allylic oxidation sites excluding steroid dienone is 2. The highest BCUT2D eigenvalue weighted by atomic mass is 16.3. The summed E-state index contributed by atoms with van der Waals surface area (Å²) in [7, 11) is 0. The third-order valence-electron chi connectivity index (χ3n) is 5.26. The van der Waals surface area contributed by atoms with Crippen LogP contribution in [-0.4, -0.2) is 34.0 Å². The van der Waals surface area contributed by atoms with Crippen molar-refractivity contribution >= 4 is 11.6 Å². The van der Waals surface area contributed by atoms with E-state index in [0.29, 0.717) is 18.8 Å². The Kier molecular flexibility index (Phi) is 6.53. The lowest BCUT2D eigenvalue weighted by molar-refractivity contribution is -0.132. The molecule has 2 heterocycles. The van der Waals surface area contributed by atoms with Crippen molar-refractivity contribution in [3.63, 3.8) is 0 Å². The van der Waals surface area contributed by atoms with Gasteiger partial charge < -0.3 is 20.3 Å². The molecular formula is C22H27N3O3. The Labute approximate surface area is 164 Å². The second kappa shape index (κ2) is 9.26. The monoisotopic (exact) mass is 381 g/mol. The van der Waals surface area contributed by atoms with Crippen LogP contribution in [0.25, 0.3) is 0 Å². The standard InChI is InChI=1S/C22H27N3O3/c1-2-18(24-19-5-9-21(27)23-15-19)6-10-22(28)25-13-11-17(12-14-25)16-3-7-20(26)8-4-16/h2-5,7-9,15,17,24,26H,6,10-14H2,1H3,(H,23,27)/b18-2-. The number of hydrogen-bond donors (Lipinski definition) is 3. The molecule has 0 saturated carbocycles. The van der Waals surface area contributed by atoms with Crippen LogP contribution in [0.4, 0.5) is 5.69 Å². The van der Waals surface area contributed by atoms with Gasteiger partial charge in [0, 0.05) is 37.5 Å². The Bertz CT molecular complexity index is 858. The van der Waals surface area contributed by atoms with Crippen molar-refractivity contribution in [2.24, 2.45) is 0 Å². The quantitative estimate of drug-likeness (QED) is 0.714. The van der Waals surface area contributed by atoms with Gasteiger partial charge in [0.05, 0.1) is 5.69 Å². The van der Waals surface area contributed by atoms with E-state index in [1.54, 1.807) is 24.4 Å². The summed E-state index contributed by atoms with van der Waals surface area (Å²) in [5, 5.41) is 12.7. The van der Waals surface area contributed by atoms with E-state index in [9.17, 15) is 14.7 Å². The van der Waals surface area contributed by atoms with Crippen molar-refractivity contribution in [2.75, 3.05) is 18.4 Å². The normalized spacial score (nSPS) is 15.5. The first kappa shape index (κ1) is 19.7. The summed E-state index contributed by atoms with van der Waals surface area (Å²) in [4.78, 5) is 28.3. The van der Waals surface area contributed by atoms with Gasteiger partial charge in [0.15, 0.2) is 0 Å². The van der Waals surface area contributed by atoms with Gasteiger partial charge in [-0.3, -0.25) is 9.59 Å². The maximum atomic E-state index is 12.6. The van der Waals surface area contributed by atoms with E-state index in [2.05, 4.69) is 10.3 Å². The van der Waals surface area contributed by atoms with Crippen molar-refractivity contribution in [3.8, 4) is 5.75 Å². The van der Waals surface area contributed by atoms with Gasteiger partial charge in [0.1, 0.15) is 5.75 Å². The first-order valence-electron chi connectivity index (χ1n) is 9.73. The van der Waals surface area contributed by atoms with Gasteiger partial charge in [-0.15, -0.1) is 0 Å². The Balaban J connectivity index is 1.46. The topological polar surface area (TPSA) is 85.4 Å². The molecule has 6 nitrogen and oxygen atoms in total. The minimum Gasteiger partial charge on any atom is -0.508 e. The summed E-state index contributed by atoms with van der Waals surface area (Å²) >= 11 is 0. The van der Waals surface area contributed by atoms with Gasteiger partial charge in [0.2, 0.25) is 11.5 Å². The number of anilines is 1. The van der Waals surface area contributed by atoms with Crippen molar-refractivity contribution in [3.05, 3.63) is 70.3 Å². The van der Waals surface area contributed by atoms with Gasteiger partial charge in [-0.05, 0) is 55.9 Å². The number of nitrogens with zero attached hydrogens (tertiary/aromatic N) is 1. The third-order valence-corrected chi connectivity index (χ3v) is 5.26. The van der Waals surface area contributed by atoms with Gasteiger partial charge in [-0.25, -0.2) is 0 Å². The SMILES string of the molecule is C/C=C(/CCC(=O)N1CCC(c2ccc(O)cc2)CC1)Nc1ccc(=O)[nH]c1. The summed E-state index contributed by atoms with van der Waals surface area (Å²) in [6.07, 6.45) is 6.56. The van der Waals surface area contributed by atoms with E-state index in [-0.39, 0.29) is 17.2 Å². The van der Waals surface area contributed by atoms with Crippen LogP contribution in [-0.2, 0) is 4.79 Å². The third kappa shape index (κ3) is 5.25. The van der Waals surface area contributed by atoms with Crippen LogP contribution in [0.15, 0.2) is 59.2 Å². The summed E-state index contributed by atoms with van der Waals surface area (Å²) in [5.41, 5.74) is 2.85. The highest BCUT2D eigenvalue weighted by molar-refractivity contribution is 5.76. The highest BCUT2D eigenvalue weighted by Crippen LogP contribution is 2.29. The number of likely N-dealkylation sites (tertiary alicyclic amines) is 1. The first-order chi connectivity index (χ1) is 13.5. The number of pyridine rings is 1. The van der Waals surface area contributed by atoms with E-state index >= 15 is 0 Å². The molecule has 148 valence electrons. The predicted octanol–water partition coefficient (Wildman–Crippen LogP) is 3.58. The number of carbonyl (C=O) groups is 1. The highest BCUT2D eigenvalue weighted by Gasteiger charge is 2.23. The number of aromatic nitrogens is 1. The number of amides is 1. The van der Waals surface area contributed by atoms with E-state index in [1.807, 2.05) is 30.0 Å². The molecule has 28 heavy (non-hydrogen) atoms. The number of aromatic amines is 1. The molecule has 0 spiro atoms. The van der Waals surface area contributed by atoms with Gasteiger partial charge in [-0.2, -0.15) is 0 Å². The fourth-order valence-corrected chi connectivity index (χ4v) is 3.56. The lowest BCUT2D eigenvalue weighted by Crippen LogP contribution is -2.37. The van der Waals surface area contributed by atoms with Crippen LogP contribution in [0.3, 0.4) is 0 Å². The molecule has 2 aromatic rings. The molecule has 1 aromatic heterocycles. The molecule has 3 rings (SSSR count). The lowest BCUT2D eigenvalue weighted by atomic mass is 9.89. The second-order valence-electron chi connectivity index (χ2n) is 7.13. The number of piperidine rings is 1. The van der Waals surface area contributed by atoms with E-state index < -0.39 is 0 Å². The predicted molar refractivity (Wildman–Crippen MR) is 110 cm³/mol. The summed E-state index contributed by atoms with van der Waals surface area (Å²) in [6, 6.07) is 10.6. The summed E-state index contributed by atoms with van der Waals surface area (Å²) < 4.78 is 0. The maximum Gasteiger partial charge on any atom is 0.248 e. The van der Waals surface area contributed by atoms with Crippen LogP contribution >= 0.6 is 0 Å². The summed E-state index contributed by atoms with van der Waals surface area (Å²) in [5.74, 6) is 0.899. The molecule has 1 aliphatic rings. The van der Waals surface area contributed by atoms with Crippen LogP contribution < -0.4 is 10.9 Å². The second-order valence-corrected chi connectivity index (χ2v) is 7.13. The zero-order valence-corrected chi connectivity index (χ0v) is 16.1. The Morgan fingerprint density at radius 1 is 1.18 bits per heavy atom. The Hall–Kier alpha value is -3.02. The van der Waals surface area contributed by atoms with Crippen molar-refractivity contribution < 1.29 is 9.90 Å². The number of phenols is 1. The molecule has 0 unspecified atom stereocenters. The van der Waals surface area contributed by atoms with E-state index in [0.717, 1.165) is 37.3 Å². The minimum atomic E-state index is -0.140. The lowest BCUT2D eigenvalue weighted by Gasteiger charge is -2.32. The maximum absolute atomic E-state index is 12.6. The number of aromatic hydroxyl groups is 1. The first-order valence-corrected chi connectivity index (χ1v) is 9.73. The molecule has 0 aliphatic carbocycles. The fourth-order valence-electron chi connectivity index (χ4n) is 3.56. The molecule has 1 fully saturated rings. The minimum absolute atomic E-state index is 0.140. The van der Waals surface area contributed by atoms with E-state index in [1.165, 1.54) is 11.6 Å². The number of hydrogen-bond acceptors (Lipinski definition) is 4. The van der Waals surface area contributed by atoms with Gasteiger partial charge in [0.25, 0.3) is 0 Å². The molecular weight excluding hydrogens is 354 g/mol. The molecule has 3 N–H and O–H groups in total. The van der Waals surface area contributed by atoms with Crippen LogP contribution in [0.1, 0.15) is 44.1 Å². The molecule has 0 bridgehead atoms. The molecule has 1 amide bonds. The number of rotatable bonds is 6. The van der Waals surface area contributed by atoms with Crippen LogP contribution in [0, 0.1) is 0 Å². The average molecular weight is 381 g/mol.